The second-order valence-corrected chi connectivity index (χ2v) is 5.55. The van der Waals surface area contributed by atoms with Crippen molar-refractivity contribution >= 4 is 11.4 Å². The molecule has 0 spiro atoms. The molecule has 6 nitrogen and oxygen atoms in total. The number of hydrazine groups is 1. The van der Waals surface area contributed by atoms with E-state index in [0.29, 0.717) is 12.5 Å². The van der Waals surface area contributed by atoms with Crippen LogP contribution >= 0.6 is 0 Å². The van der Waals surface area contributed by atoms with Crippen molar-refractivity contribution in [2.75, 3.05) is 0 Å². The molecule has 0 amide bonds. The number of allylic oxidation sites excluding steroid dienone is 1. The maximum absolute atomic E-state index is 11.1. The molecule has 4 N–H and O–H groups in total. The van der Waals surface area contributed by atoms with E-state index in [1.165, 1.54) is 36.5 Å². The Balaban J connectivity index is 1.78. The molecule has 6 heteroatoms. The summed E-state index contributed by atoms with van der Waals surface area (Å²) in [7, 11) is 0. The van der Waals surface area contributed by atoms with Gasteiger partial charge in [-0.3, -0.25) is 4.79 Å². The molecule has 110 valence electrons. The van der Waals surface area contributed by atoms with Gasteiger partial charge in [-0.2, -0.15) is 0 Å². The van der Waals surface area contributed by atoms with Gasteiger partial charge in [0.25, 0.3) is 0 Å². The second-order valence-electron chi connectivity index (χ2n) is 5.55. The molecule has 1 saturated carbocycles. The lowest BCUT2D eigenvalue weighted by Crippen LogP contribution is -2.27. The molecule has 0 unspecified atom stereocenters. The lowest BCUT2D eigenvalue weighted by atomic mass is 10.2. The minimum Gasteiger partial charge on any atom is -0.395 e. The van der Waals surface area contributed by atoms with Crippen molar-refractivity contribution in [1.82, 2.24) is 14.4 Å². The number of hydrogen-bond acceptors (Lipinski definition) is 5. The van der Waals surface area contributed by atoms with Crippen LogP contribution in [0.3, 0.4) is 0 Å². The van der Waals surface area contributed by atoms with Gasteiger partial charge in [0, 0.05) is 25.5 Å². The standard InChI is InChI=1S/C15H19N5O/c1-10(21)14(16)9-20(17)8-13-7-19-6-12(11-2-3-11)4-5-15(19)18-13/h4-7,9,11H,2-3,8,16-17H2,1H3/b14-9-. The number of nitrogens with zero attached hydrogens (tertiary/aromatic N) is 3. The number of pyridine rings is 1. The number of carbonyl (C=O) groups excluding carboxylic acids is 1. The topological polar surface area (TPSA) is 89.7 Å². The highest BCUT2D eigenvalue weighted by molar-refractivity contribution is 5.92. The monoisotopic (exact) mass is 285 g/mol. The average Bonchev–Trinajstić information content (AvgIpc) is 3.19. The molecule has 0 aliphatic heterocycles. The summed E-state index contributed by atoms with van der Waals surface area (Å²) in [4.78, 5) is 15.6. The Morgan fingerprint density at radius 1 is 1.48 bits per heavy atom. The highest BCUT2D eigenvalue weighted by Gasteiger charge is 2.23. The summed E-state index contributed by atoms with van der Waals surface area (Å²) in [6, 6.07) is 4.16. The Hall–Kier alpha value is -2.34. The van der Waals surface area contributed by atoms with E-state index in [2.05, 4.69) is 17.2 Å². The number of imidazole rings is 1. The molecule has 1 aliphatic carbocycles. The summed E-state index contributed by atoms with van der Waals surface area (Å²) >= 11 is 0. The molecule has 0 radical (unpaired) electrons. The molecule has 2 aromatic heterocycles. The fourth-order valence-electron chi connectivity index (χ4n) is 2.30. The van der Waals surface area contributed by atoms with Crippen molar-refractivity contribution in [1.29, 1.82) is 0 Å². The molecular weight excluding hydrogens is 266 g/mol. The number of rotatable bonds is 5. The highest BCUT2D eigenvalue weighted by Crippen LogP contribution is 2.39. The van der Waals surface area contributed by atoms with Crippen LogP contribution in [0.1, 0.15) is 36.9 Å². The summed E-state index contributed by atoms with van der Waals surface area (Å²) in [6.07, 6.45) is 8.07. The second kappa shape index (κ2) is 5.21. The Morgan fingerprint density at radius 2 is 2.24 bits per heavy atom. The minimum absolute atomic E-state index is 0.136. The van der Waals surface area contributed by atoms with Gasteiger partial charge in [0.2, 0.25) is 0 Å². The van der Waals surface area contributed by atoms with Crippen LogP contribution in [0.15, 0.2) is 36.4 Å². The fourth-order valence-corrected chi connectivity index (χ4v) is 2.30. The van der Waals surface area contributed by atoms with Gasteiger partial charge in [-0.05, 0) is 30.4 Å². The first kappa shape index (κ1) is 13.6. The van der Waals surface area contributed by atoms with Crippen molar-refractivity contribution in [3.05, 3.63) is 47.7 Å². The Bertz CT molecular complexity index is 714. The summed E-state index contributed by atoms with van der Waals surface area (Å²) in [5.41, 5.74) is 8.79. The van der Waals surface area contributed by atoms with Crippen LogP contribution in [-0.4, -0.2) is 20.2 Å². The minimum atomic E-state index is -0.200. The third kappa shape index (κ3) is 3.05. The van der Waals surface area contributed by atoms with Crippen molar-refractivity contribution in [2.45, 2.75) is 32.2 Å². The number of ketones is 1. The van der Waals surface area contributed by atoms with E-state index in [4.69, 9.17) is 11.6 Å². The van der Waals surface area contributed by atoms with Gasteiger partial charge in [-0.25, -0.2) is 10.8 Å². The molecular formula is C15H19N5O. The first-order valence-electron chi connectivity index (χ1n) is 7.00. The van der Waals surface area contributed by atoms with E-state index in [1.54, 1.807) is 0 Å². The molecule has 2 heterocycles. The average molecular weight is 285 g/mol. The number of hydrogen-bond donors (Lipinski definition) is 2. The van der Waals surface area contributed by atoms with Crippen LogP contribution < -0.4 is 11.6 Å². The van der Waals surface area contributed by atoms with Gasteiger partial charge >= 0.3 is 0 Å². The van der Waals surface area contributed by atoms with Gasteiger partial charge in [0.15, 0.2) is 5.78 Å². The van der Waals surface area contributed by atoms with E-state index in [-0.39, 0.29) is 11.5 Å². The molecule has 1 aliphatic rings. The van der Waals surface area contributed by atoms with E-state index in [9.17, 15) is 4.79 Å². The van der Waals surface area contributed by atoms with Crippen molar-refractivity contribution < 1.29 is 4.79 Å². The summed E-state index contributed by atoms with van der Waals surface area (Å²) in [6.45, 7) is 1.80. The van der Waals surface area contributed by atoms with Crippen molar-refractivity contribution in [3.8, 4) is 0 Å². The van der Waals surface area contributed by atoms with Crippen molar-refractivity contribution in [3.63, 3.8) is 0 Å². The Morgan fingerprint density at radius 3 is 2.90 bits per heavy atom. The van der Waals surface area contributed by atoms with Gasteiger partial charge in [-0.15, -0.1) is 0 Å². The molecule has 21 heavy (non-hydrogen) atoms. The highest BCUT2D eigenvalue weighted by atomic mass is 16.1. The zero-order valence-corrected chi connectivity index (χ0v) is 12.0. The van der Waals surface area contributed by atoms with Gasteiger partial charge < -0.3 is 15.1 Å². The summed E-state index contributed by atoms with van der Waals surface area (Å²) < 4.78 is 2.02. The lowest BCUT2D eigenvalue weighted by molar-refractivity contribution is -0.113. The normalized spacial score (nSPS) is 15.4. The van der Waals surface area contributed by atoms with E-state index >= 15 is 0 Å². The predicted molar refractivity (Wildman–Crippen MR) is 79.8 cm³/mol. The first-order valence-corrected chi connectivity index (χ1v) is 7.00. The van der Waals surface area contributed by atoms with Gasteiger partial charge in [-0.1, -0.05) is 6.07 Å². The van der Waals surface area contributed by atoms with Crippen LogP contribution in [0.5, 0.6) is 0 Å². The van der Waals surface area contributed by atoms with Crippen LogP contribution in [0.2, 0.25) is 0 Å². The number of fused-ring (bicyclic) bond motifs is 1. The van der Waals surface area contributed by atoms with E-state index in [1.807, 2.05) is 16.7 Å². The number of Topliss-reactive ketones (excluding diaryl/α,β-unsaturated/α-hetero) is 1. The third-order valence-corrected chi connectivity index (χ3v) is 3.63. The van der Waals surface area contributed by atoms with Crippen LogP contribution in [0, 0.1) is 0 Å². The number of nitrogens with two attached hydrogens (primary N) is 2. The summed E-state index contributed by atoms with van der Waals surface area (Å²) in [5.74, 6) is 6.34. The Labute approximate surface area is 123 Å². The molecule has 1 fully saturated rings. The maximum atomic E-state index is 11.1. The number of carbonyl (C=O) groups is 1. The van der Waals surface area contributed by atoms with Crippen molar-refractivity contribution in [2.24, 2.45) is 11.6 Å². The van der Waals surface area contributed by atoms with Gasteiger partial charge in [0.1, 0.15) is 5.65 Å². The van der Waals surface area contributed by atoms with Crippen LogP contribution in [0.25, 0.3) is 5.65 Å². The van der Waals surface area contributed by atoms with Crippen LogP contribution in [-0.2, 0) is 11.3 Å². The van der Waals surface area contributed by atoms with Crippen LogP contribution in [0.4, 0.5) is 0 Å². The number of aromatic nitrogens is 2. The molecule has 0 bridgehead atoms. The zero-order valence-electron chi connectivity index (χ0n) is 12.0. The molecule has 2 aromatic rings. The molecule has 0 atom stereocenters. The predicted octanol–water partition coefficient (Wildman–Crippen LogP) is 1.28. The molecule has 0 saturated heterocycles. The smallest absolute Gasteiger partial charge is 0.176 e. The lowest BCUT2D eigenvalue weighted by Gasteiger charge is -2.12. The summed E-state index contributed by atoms with van der Waals surface area (Å²) in [5, 5.41) is 1.38. The maximum Gasteiger partial charge on any atom is 0.176 e. The zero-order chi connectivity index (χ0) is 15.0. The first-order chi connectivity index (χ1) is 10.0. The Kier molecular flexibility index (Phi) is 3.39. The SMILES string of the molecule is CC(=O)/C(N)=C/N(N)Cc1cn2cc(C3CC3)ccc2n1. The third-order valence-electron chi connectivity index (χ3n) is 3.63. The fraction of sp³-hybridized carbons (Fsp3) is 0.333. The molecule has 0 aromatic carbocycles. The van der Waals surface area contributed by atoms with E-state index in [0.717, 1.165) is 11.3 Å². The van der Waals surface area contributed by atoms with Gasteiger partial charge in [0.05, 0.1) is 17.9 Å². The quantitative estimate of drug-likeness (QED) is 0.490. The molecule has 3 rings (SSSR count). The van der Waals surface area contributed by atoms with E-state index < -0.39 is 0 Å². The largest absolute Gasteiger partial charge is 0.395 e.